The van der Waals surface area contributed by atoms with Gasteiger partial charge in [0.05, 0.1) is 5.60 Å². The molecule has 0 bridgehead atoms. The van der Waals surface area contributed by atoms with Crippen molar-refractivity contribution in [1.82, 2.24) is 4.90 Å². The highest BCUT2D eigenvalue weighted by atomic mass is 16.4. The van der Waals surface area contributed by atoms with E-state index in [4.69, 9.17) is 5.11 Å². The van der Waals surface area contributed by atoms with E-state index >= 15 is 0 Å². The Kier molecular flexibility index (Phi) is 1.80. The van der Waals surface area contributed by atoms with Crippen LogP contribution in [0.1, 0.15) is 13.8 Å². The molecule has 1 amide bonds. The van der Waals surface area contributed by atoms with Gasteiger partial charge in [0.1, 0.15) is 0 Å². The lowest BCUT2D eigenvalue weighted by molar-refractivity contribution is -0.0524. The molecule has 1 fully saturated rings. The van der Waals surface area contributed by atoms with Gasteiger partial charge in [-0.05, 0) is 13.8 Å². The second-order valence-corrected chi connectivity index (χ2v) is 3.54. The van der Waals surface area contributed by atoms with Gasteiger partial charge in [0, 0.05) is 19.0 Å². The number of rotatable bonds is 1. The Hall–Kier alpha value is -0.770. The summed E-state index contributed by atoms with van der Waals surface area (Å²) in [6, 6.07) is 0. The van der Waals surface area contributed by atoms with Crippen molar-refractivity contribution in [2.24, 2.45) is 5.92 Å². The summed E-state index contributed by atoms with van der Waals surface area (Å²) in [5.41, 5.74) is -0.744. The predicted molar refractivity (Wildman–Crippen MR) is 39.4 cm³/mol. The maximum absolute atomic E-state index is 10.3. The molecule has 1 aliphatic heterocycles. The highest BCUT2D eigenvalue weighted by Crippen LogP contribution is 2.26. The molecule has 4 nitrogen and oxygen atoms in total. The molecule has 1 rings (SSSR count). The van der Waals surface area contributed by atoms with Gasteiger partial charge in [0.15, 0.2) is 0 Å². The molecular formula is C7H13NO3. The lowest BCUT2D eigenvalue weighted by atomic mass is 9.85. The zero-order valence-corrected chi connectivity index (χ0v) is 6.74. The highest BCUT2D eigenvalue weighted by Gasteiger charge is 2.39. The van der Waals surface area contributed by atoms with Crippen molar-refractivity contribution in [1.29, 1.82) is 0 Å². The fourth-order valence-corrected chi connectivity index (χ4v) is 1.08. The minimum absolute atomic E-state index is 0.0959. The Morgan fingerprint density at radius 2 is 2.00 bits per heavy atom. The van der Waals surface area contributed by atoms with E-state index in [1.807, 2.05) is 0 Å². The van der Waals surface area contributed by atoms with Crippen molar-refractivity contribution >= 4 is 6.09 Å². The van der Waals surface area contributed by atoms with Gasteiger partial charge in [0.2, 0.25) is 0 Å². The first kappa shape index (κ1) is 8.33. The van der Waals surface area contributed by atoms with Gasteiger partial charge in [-0.15, -0.1) is 0 Å². The van der Waals surface area contributed by atoms with Crippen molar-refractivity contribution < 1.29 is 15.0 Å². The summed E-state index contributed by atoms with van der Waals surface area (Å²) >= 11 is 0. The van der Waals surface area contributed by atoms with Crippen LogP contribution in [-0.2, 0) is 0 Å². The summed E-state index contributed by atoms with van der Waals surface area (Å²) in [6.45, 7) is 4.32. The van der Waals surface area contributed by atoms with E-state index in [1.165, 1.54) is 4.90 Å². The average molecular weight is 159 g/mol. The van der Waals surface area contributed by atoms with Crippen LogP contribution >= 0.6 is 0 Å². The maximum atomic E-state index is 10.3. The zero-order valence-electron chi connectivity index (χ0n) is 6.74. The van der Waals surface area contributed by atoms with E-state index in [0.29, 0.717) is 13.1 Å². The topological polar surface area (TPSA) is 60.8 Å². The summed E-state index contributed by atoms with van der Waals surface area (Å²) < 4.78 is 0. The third-order valence-electron chi connectivity index (χ3n) is 2.15. The van der Waals surface area contributed by atoms with E-state index in [1.54, 1.807) is 13.8 Å². The number of nitrogens with zero attached hydrogens (tertiary/aromatic N) is 1. The van der Waals surface area contributed by atoms with Gasteiger partial charge >= 0.3 is 6.09 Å². The van der Waals surface area contributed by atoms with Crippen molar-refractivity contribution in [2.45, 2.75) is 19.4 Å². The number of amides is 1. The molecule has 0 spiro atoms. The molecule has 2 N–H and O–H groups in total. The molecule has 0 saturated carbocycles. The highest BCUT2D eigenvalue weighted by molar-refractivity contribution is 5.66. The Balaban J connectivity index is 2.35. The van der Waals surface area contributed by atoms with Crippen LogP contribution in [-0.4, -0.2) is 39.9 Å². The number of carboxylic acid groups (broad SMARTS) is 1. The SMILES string of the molecule is CC(C)(O)C1CN(C(=O)O)C1. The largest absolute Gasteiger partial charge is 0.465 e. The standard InChI is InChI=1S/C7H13NO3/c1-7(2,11)5-3-8(4-5)6(9)10/h5,11H,3-4H2,1-2H3,(H,9,10). The first-order chi connectivity index (χ1) is 4.91. The van der Waals surface area contributed by atoms with Crippen molar-refractivity contribution in [3.63, 3.8) is 0 Å². The molecule has 64 valence electrons. The Morgan fingerprint density at radius 1 is 1.55 bits per heavy atom. The quantitative estimate of drug-likeness (QED) is 0.581. The van der Waals surface area contributed by atoms with E-state index in [-0.39, 0.29) is 5.92 Å². The number of aliphatic hydroxyl groups is 1. The molecule has 4 heteroatoms. The molecule has 1 aliphatic rings. The van der Waals surface area contributed by atoms with Crippen LogP contribution in [0.15, 0.2) is 0 Å². The second-order valence-electron chi connectivity index (χ2n) is 3.54. The maximum Gasteiger partial charge on any atom is 0.407 e. The number of carbonyl (C=O) groups is 1. The molecule has 0 aliphatic carbocycles. The number of likely N-dealkylation sites (tertiary alicyclic amines) is 1. The molecule has 0 aromatic carbocycles. The molecule has 0 radical (unpaired) electrons. The van der Waals surface area contributed by atoms with Crippen LogP contribution < -0.4 is 0 Å². The first-order valence-electron chi connectivity index (χ1n) is 3.61. The third-order valence-corrected chi connectivity index (χ3v) is 2.15. The molecule has 0 aromatic rings. The molecule has 1 saturated heterocycles. The van der Waals surface area contributed by atoms with Crippen LogP contribution in [0, 0.1) is 5.92 Å². The minimum atomic E-state index is -0.898. The van der Waals surface area contributed by atoms with Gasteiger partial charge in [0.25, 0.3) is 0 Å². The third kappa shape index (κ3) is 1.63. The van der Waals surface area contributed by atoms with Crippen LogP contribution in [0.4, 0.5) is 4.79 Å². The molecule has 11 heavy (non-hydrogen) atoms. The smallest absolute Gasteiger partial charge is 0.407 e. The molecule has 1 heterocycles. The lowest BCUT2D eigenvalue weighted by Crippen LogP contribution is -2.57. The van der Waals surface area contributed by atoms with Crippen molar-refractivity contribution in [3.8, 4) is 0 Å². The molecule has 0 atom stereocenters. The minimum Gasteiger partial charge on any atom is -0.465 e. The fourth-order valence-electron chi connectivity index (χ4n) is 1.08. The summed E-state index contributed by atoms with van der Waals surface area (Å²) in [5, 5.41) is 17.9. The monoisotopic (exact) mass is 159 g/mol. The Morgan fingerprint density at radius 3 is 2.27 bits per heavy atom. The zero-order chi connectivity index (χ0) is 8.65. The van der Waals surface area contributed by atoms with E-state index < -0.39 is 11.7 Å². The molecule has 0 unspecified atom stereocenters. The van der Waals surface area contributed by atoms with Crippen LogP contribution in [0.2, 0.25) is 0 Å². The van der Waals surface area contributed by atoms with E-state index in [9.17, 15) is 9.90 Å². The van der Waals surface area contributed by atoms with Gasteiger partial charge in [-0.2, -0.15) is 0 Å². The van der Waals surface area contributed by atoms with Gasteiger partial charge in [-0.1, -0.05) is 0 Å². The lowest BCUT2D eigenvalue weighted by Gasteiger charge is -2.43. The summed E-state index contributed by atoms with van der Waals surface area (Å²) in [7, 11) is 0. The molecular weight excluding hydrogens is 146 g/mol. The van der Waals surface area contributed by atoms with E-state index in [0.717, 1.165) is 0 Å². The van der Waals surface area contributed by atoms with Crippen LogP contribution in [0.3, 0.4) is 0 Å². The summed E-state index contributed by atoms with van der Waals surface area (Å²) in [6.07, 6.45) is -0.898. The van der Waals surface area contributed by atoms with Crippen LogP contribution in [0.25, 0.3) is 0 Å². The predicted octanol–water partition coefficient (Wildman–Crippen LogP) is 0.367. The van der Waals surface area contributed by atoms with E-state index in [2.05, 4.69) is 0 Å². The van der Waals surface area contributed by atoms with Gasteiger partial charge in [-0.3, -0.25) is 0 Å². The van der Waals surface area contributed by atoms with Crippen molar-refractivity contribution in [3.05, 3.63) is 0 Å². The molecule has 0 aromatic heterocycles. The fraction of sp³-hybridized carbons (Fsp3) is 0.857. The Bertz CT molecular complexity index is 167. The van der Waals surface area contributed by atoms with Gasteiger partial charge in [-0.25, -0.2) is 4.79 Å². The van der Waals surface area contributed by atoms with Crippen molar-refractivity contribution in [2.75, 3.05) is 13.1 Å². The summed E-state index contributed by atoms with van der Waals surface area (Å²) in [4.78, 5) is 11.6. The number of hydrogen-bond acceptors (Lipinski definition) is 2. The van der Waals surface area contributed by atoms with Gasteiger partial charge < -0.3 is 15.1 Å². The Labute approximate surface area is 65.4 Å². The normalized spacial score (nSPS) is 19.7. The average Bonchev–Trinajstić information content (AvgIpc) is 1.51. The van der Waals surface area contributed by atoms with Crippen LogP contribution in [0.5, 0.6) is 0 Å². The second kappa shape index (κ2) is 2.37. The number of hydrogen-bond donors (Lipinski definition) is 2. The first-order valence-corrected chi connectivity index (χ1v) is 3.61. The summed E-state index contributed by atoms with van der Waals surface area (Å²) in [5.74, 6) is 0.0959.